The van der Waals surface area contributed by atoms with Crippen LogP contribution in [0, 0.1) is 0 Å². The van der Waals surface area contributed by atoms with Crippen LogP contribution in [0.15, 0.2) is 18.2 Å². The molecule has 0 heterocycles. The molecule has 0 radical (unpaired) electrons. The summed E-state index contributed by atoms with van der Waals surface area (Å²) in [5.41, 5.74) is 2.52. The quantitative estimate of drug-likeness (QED) is 0.766. The Kier molecular flexibility index (Phi) is 2.99. The van der Waals surface area contributed by atoms with Gasteiger partial charge in [-0.25, -0.2) is 0 Å². The van der Waals surface area contributed by atoms with E-state index < -0.39 is 0 Å². The molecule has 0 saturated heterocycles. The highest BCUT2D eigenvalue weighted by Crippen LogP contribution is 2.37. The highest BCUT2D eigenvalue weighted by atomic mass is 16.3. The number of aromatic hydroxyl groups is 1. The molecule has 1 N–H and O–H groups in total. The molecule has 1 aliphatic carbocycles. The lowest BCUT2D eigenvalue weighted by Gasteiger charge is -2.14. The average molecular weight is 204 g/mol. The maximum atomic E-state index is 9.75. The number of phenols is 1. The molecule has 2 rings (SSSR count). The van der Waals surface area contributed by atoms with Gasteiger partial charge in [-0.3, -0.25) is 0 Å². The Bertz CT molecular complexity index is 335. The predicted molar refractivity (Wildman–Crippen MR) is 63.4 cm³/mol. The molecule has 0 aromatic heterocycles. The Balaban J connectivity index is 2.29. The average Bonchev–Trinajstić information content (AvgIpc) is 2.71. The summed E-state index contributed by atoms with van der Waals surface area (Å²) in [6, 6.07) is 6.16. The maximum absolute atomic E-state index is 9.75. The topological polar surface area (TPSA) is 20.2 Å². The van der Waals surface area contributed by atoms with E-state index in [-0.39, 0.29) is 0 Å². The maximum Gasteiger partial charge on any atom is 0.119 e. The van der Waals surface area contributed by atoms with Crippen LogP contribution in [-0.2, 0) is 0 Å². The third-order valence-electron chi connectivity index (χ3n) is 3.50. The molecular formula is C14H20O. The Morgan fingerprint density at radius 1 is 1.20 bits per heavy atom. The summed E-state index contributed by atoms with van der Waals surface area (Å²) in [6.45, 7) is 4.26. The summed E-state index contributed by atoms with van der Waals surface area (Å²) in [6.07, 6.45) is 5.37. The molecule has 0 spiro atoms. The van der Waals surface area contributed by atoms with Crippen LogP contribution in [-0.4, -0.2) is 5.11 Å². The molecule has 0 unspecified atom stereocenters. The van der Waals surface area contributed by atoms with Crippen molar-refractivity contribution >= 4 is 0 Å². The summed E-state index contributed by atoms with van der Waals surface area (Å²) < 4.78 is 0. The van der Waals surface area contributed by atoms with E-state index in [9.17, 15) is 5.11 Å². The van der Waals surface area contributed by atoms with Gasteiger partial charge in [-0.15, -0.1) is 0 Å². The monoisotopic (exact) mass is 204 g/mol. The fourth-order valence-corrected chi connectivity index (χ4v) is 2.55. The van der Waals surface area contributed by atoms with Crippen molar-refractivity contribution in [2.75, 3.05) is 0 Å². The molecule has 1 saturated carbocycles. The zero-order valence-corrected chi connectivity index (χ0v) is 9.66. The lowest BCUT2D eigenvalue weighted by Crippen LogP contribution is -1.95. The first-order valence-corrected chi connectivity index (χ1v) is 6.01. The van der Waals surface area contributed by atoms with Gasteiger partial charge in [0.05, 0.1) is 0 Å². The van der Waals surface area contributed by atoms with Crippen LogP contribution < -0.4 is 0 Å². The molecule has 82 valence electrons. The number of benzene rings is 1. The largest absolute Gasteiger partial charge is 0.508 e. The van der Waals surface area contributed by atoms with Crippen LogP contribution in [0.4, 0.5) is 0 Å². The van der Waals surface area contributed by atoms with Crippen molar-refractivity contribution < 1.29 is 5.11 Å². The second-order valence-electron chi connectivity index (χ2n) is 4.95. The van der Waals surface area contributed by atoms with Crippen molar-refractivity contribution in [3.05, 3.63) is 29.3 Å². The summed E-state index contributed by atoms with van der Waals surface area (Å²) in [7, 11) is 0. The van der Waals surface area contributed by atoms with Crippen molar-refractivity contribution in [2.24, 2.45) is 0 Å². The van der Waals surface area contributed by atoms with Crippen LogP contribution >= 0.6 is 0 Å². The van der Waals surface area contributed by atoms with Gasteiger partial charge in [-0.05, 0) is 41.9 Å². The smallest absolute Gasteiger partial charge is 0.119 e. The van der Waals surface area contributed by atoms with E-state index in [0.717, 1.165) is 11.5 Å². The molecule has 0 bridgehead atoms. The summed E-state index contributed by atoms with van der Waals surface area (Å²) in [4.78, 5) is 0. The first-order valence-electron chi connectivity index (χ1n) is 6.01. The van der Waals surface area contributed by atoms with Crippen LogP contribution in [0.25, 0.3) is 0 Å². The third-order valence-corrected chi connectivity index (χ3v) is 3.50. The highest BCUT2D eigenvalue weighted by molar-refractivity contribution is 5.39. The van der Waals surface area contributed by atoms with E-state index in [1.54, 1.807) is 0 Å². The van der Waals surface area contributed by atoms with Crippen LogP contribution in [0.1, 0.15) is 62.5 Å². The molecule has 0 amide bonds. The van der Waals surface area contributed by atoms with E-state index in [1.165, 1.54) is 31.2 Å². The molecule has 1 heteroatoms. The molecule has 1 nitrogen and oxygen atoms in total. The summed E-state index contributed by atoms with van der Waals surface area (Å²) >= 11 is 0. The number of phenolic OH excluding ortho intramolecular Hbond substituents is 1. The van der Waals surface area contributed by atoms with Gasteiger partial charge in [0.15, 0.2) is 0 Å². The van der Waals surface area contributed by atoms with Gasteiger partial charge in [0.1, 0.15) is 5.75 Å². The molecular weight excluding hydrogens is 184 g/mol. The second-order valence-corrected chi connectivity index (χ2v) is 4.95. The minimum absolute atomic E-state index is 0.409. The Hall–Kier alpha value is -0.980. The first-order chi connectivity index (χ1) is 7.18. The standard InChI is InChI=1S/C14H20O/c1-10(2)13-9-12(7-8-14(13)15)11-5-3-4-6-11/h7-11,15H,3-6H2,1-2H3. The van der Waals surface area contributed by atoms with Gasteiger partial charge in [0.25, 0.3) is 0 Å². The second kappa shape index (κ2) is 4.26. The molecule has 0 aliphatic heterocycles. The fourth-order valence-electron chi connectivity index (χ4n) is 2.55. The van der Waals surface area contributed by atoms with Gasteiger partial charge in [-0.2, -0.15) is 0 Å². The lowest BCUT2D eigenvalue weighted by molar-refractivity contribution is 0.464. The van der Waals surface area contributed by atoms with Gasteiger partial charge in [0, 0.05) is 0 Å². The Morgan fingerprint density at radius 2 is 1.87 bits per heavy atom. The van der Waals surface area contributed by atoms with E-state index >= 15 is 0 Å². The normalized spacial score (nSPS) is 17.5. The fraction of sp³-hybridized carbons (Fsp3) is 0.571. The van der Waals surface area contributed by atoms with Crippen molar-refractivity contribution in [2.45, 2.75) is 51.4 Å². The SMILES string of the molecule is CC(C)c1cc(C2CCCC2)ccc1O. The van der Waals surface area contributed by atoms with E-state index in [4.69, 9.17) is 0 Å². The van der Waals surface area contributed by atoms with Crippen molar-refractivity contribution in [1.29, 1.82) is 0 Å². The minimum atomic E-state index is 0.409. The summed E-state index contributed by atoms with van der Waals surface area (Å²) in [5.74, 6) is 1.60. The van der Waals surface area contributed by atoms with Gasteiger partial charge in [0.2, 0.25) is 0 Å². The highest BCUT2D eigenvalue weighted by Gasteiger charge is 2.18. The molecule has 1 fully saturated rings. The Morgan fingerprint density at radius 3 is 2.47 bits per heavy atom. The van der Waals surface area contributed by atoms with Gasteiger partial charge >= 0.3 is 0 Å². The third kappa shape index (κ3) is 2.17. The van der Waals surface area contributed by atoms with Crippen LogP contribution in [0.2, 0.25) is 0 Å². The number of hydrogen-bond acceptors (Lipinski definition) is 1. The zero-order chi connectivity index (χ0) is 10.8. The van der Waals surface area contributed by atoms with Gasteiger partial charge < -0.3 is 5.11 Å². The van der Waals surface area contributed by atoms with E-state index in [1.807, 2.05) is 6.07 Å². The van der Waals surface area contributed by atoms with E-state index in [2.05, 4.69) is 26.0 Å². The van der Waals surface area contributed by atoms with Crippen molar-refractivity contribution in [3.8, 4) is 5.75 Å². The molecule has 0 atom stereocenters. The van der Waals surface area contributed by atoms with Crippen molar-refractivity contribution in [3.63, 3.8) is 0 Å². The molecule has 1 aromatic rings. The zero-order valence-electron chi connectivity index (χ0n) is 9.66. The molecule has 1 aliphatic rings. The predicted octanol–water partition coefficient (Wildman–Crippen LogP) is 4.17. The number of rotatable bonds is 2. The van der Waals surface area contributed by atoms with E-state index in [0.29, 0.717) is 11.7 Å². The minimum Gasteiger partial charge on any atom is -0.508 e. The lowest BCUT2D eigenvalue weighted by atomic mass is 9.92. The van der Waals surface area contributed by atoms with Crippen LogP contribution in [0.5, 0.6) is 5.75 Å². The Labute approximate surface area is 92.1 Å². The molecule has 1 aromatic carbocycles. The number of hydrogen-bond donors (Lipinski definition) is 1. The van der Waals surface area contributed by atoms with Crippen molar-refractivity contribution in [1.82, 2.24) is 0 Å². The first kappa shape index (κ1) is 10.5. The summed E-state index contributed by atoms with van der Waals surface area (Å²) in [5, 5.41) is 9.75. The van der Waals surface area contributed by atoms with Crippen LogP contribution in [0.3, 0.4) is 0 Å². The van der Waals surface area contributed by atoms with Gasteiger partial charge in [-0.1, -0.05) is 38.8 Å². The molecule has 15 heavy (non-hydrogen) atoms.